The van der Waals surface area contributed by atoms with Gasteiger partial charge in [-0.05, 0) is 26.3 Å². The van der Waals surface area contributed by atoms with Crippen molar-refractivity contribution in [1.29, 1.82) is 0 Å². The summed E-state index contributed by atoms with van der Waals surface area (Å²) in [5.74, 6) is -1.38. The highest BCUT2D eigenvalue weighted by atomic mass is 31.2. The van der Waals surface area contributed by atoms with Crippen molar-refractivity contribution in [2.45, 2.75) is 32.7 Å². The second-order valence-electron chi connectivity index (χ2n) is 4.23. The molecule has 6 heteroatoms. The van der Waals surface area contributed by atoms with Crippen LogP contribution in [-0.2, 0) is 13.6 Å². The molecule has 0 bridgehead atoms. The van der Waals surface area contributed by atoms with Gasteiger partial charge >= 0.3 is 7.60 Å². The highest BCUT2D eigenvalue weighted by molar-refractivity contribution is 7.54. The van der Waals surface area contributed by atoms with Crippen molar-refractivity contribution in [2.24, 2.45) is 5.73 Å². The van der Waals surface area contributed by atoms with E-state index in [0.29, 0.717) is 5.56 Å². The summed E-state index contributed by atoms with van der Waals surface area (Å²) >= 11 is 0. The maximum Gasteiger partial charge on any atom is 0.360 e. The number of aliphatic hydroxyl groups excluding tert-OH is 1. The van der Waals surface area contributed by atoms with Gasteiger partial charge in [0.1, 0.15) is 0 Å². The first-order chi connectivity index (χ1) is 8.94. The molecule has 0 aromatic heterocycles. The molecule has 0 aliphatic rings. The highest BCUT2D eigenvalue weighted by Crippen LogP contribution is 2.55. The van der Waals surface area contributed by atoms with Crippen molar-refractivity contribution in [1.82, 2.24) is 0 Å². The lowest BCUT2D eigenvalue weighted by molar-refractivity contribution is 0.134. The van der Waals surface area contributed by atoms with Crippen molar-refractivity contribution in [3.8, 4) is 0 Å². The summed E-state index contributed by atoms with van der Waals surface area (Å²) in [4.78, 5) is 0. The van der Waals surface area contributed by atoms with E-state index in [4.69, 9.17) is 14.8 Å². The normalized spacial score (nSPS) is 15.2. The van der Waals surface area contributed by atoms with Crippen LogP contribution in [0, 0.1) is 6.92 Å². The van der Waals surface area contributed by atoms with E-state index in [1.807, 2.05) is 25.1 Å². The molecule has 0 saturated carbocycles. The van der Waals surface area contributed by atoms with Gasteiger partial charge in [0, 0.05) is 0 Å². The maximum atomic E-state index is 12.4. The van der Waals surface area contributed by atoms with Gasteiger partial charge in [-0.1, -0.05) is 29.8 Å². The number of aryl methyl sites for hydroxylation is 1. The summed E-state index contributed by atoms with van der Waals surface area (Å²) in [6.07, 6.45) is 0. The molecule has 0 radical (unpaired) electrons. The van der Waals surface area contributed by atoms with Gasteiger partial charge in [0.25, 0.3) is 0 Å². The smallest absolute Gasteiger partial charge is 0.360 e. The molecular formula is C13H22NO4P. The molecule has 5 nitrogen and oxygen atoms in total. The van der Waals surface area contributed by atoms with Gasteiger partial charge in [-0.2, -0.15) is 0 Å². The zero-order chi connectivity index (χ0) is 14.5. The first kappa shape index (κ1) is 16.3. The summed E-state index contributed by atoms with van der Waals surface area (Å²) < 4.78 is 22.7. The molecule has 0 saturated heterocycles. The van der Waals surface area contributed by atoms with Crippen LogP contribution in [0.4, 0.5) is 0 Å². The summed E-state index contributed by atoms with van der Waals surface area (Å²) in [6, 6.07) is 6.57. The Bertz CT molecular complexity index is 442. The number of rotatable bonds is 7. The largest absolute Gasteiger partial charge is 0.379 e. The Morgan fingerprint density at radius 3 is 2.37 bits per heavy atom. The van der Waals surface area contributed by atoms with Crippen molar-refractivity contribution in [3.05, 3.63) is 35.4 Å². The first-order valence-electron chi connectivity index (χ1n) is 6.33. The third-order valence-corrected chi connectivity index (χ3v) is 4.90. The van der Waals surface area contributed by atoms with E-state index in [1.165, 1.54) is 0 Å². The van der Waals surface area contributed by atoms with Gasteiger partial charge < -0.3 is 19.9 Å². The van der Waals surface area contributed by atoms with Crippen LogP contribution in [-0.4, -0.2) is 24.2 Å². The summed E-state index contributed by atoms with van der Waals surface area (Å²) in [5, 5.41) is 10.2. The van der Waals surface area contributed by atoms with Crippen LogP contribution in [0.5, 0.6) is 0 Å². The minimum atomic E-state index is -3.62. The van der Waals surface area contributed by atoms with Gasteiger partial charge in [-0.15, -0.1) is 0 Å². The Morgan fingerprint density at radius 1 is 1.32 bits per heavy atom. The molecule has 0 aliphatic heterocycles. The highest BCUT2D eigenvalue weighted by Gasteiger charge is 2.39. The number of benzene rings is 1. The van der Waals surface area contributed by atoms with Crippen molar-refractivity contribution in [3.63, 3.8) is 0 Å². The molecule has 19 heavy (non-hydrogen) atoms. The lowest BCUT2D eigenvalue weighted by Gasteiger charge is -2.26. The van der Waals surface area contributed by atoms with Gasteiger partial charge in [-0.3, -0.25) is 4.57 Å². The molecule has 2 atom stereocenters. The Hall–Kier alpha value is -0.710. The predicted molar refractivity (Wildman–Crippen MR) is 75.0 cm³/mol. The fraction of sp³-hybridized carbons (Fsp3) is 0.538. The Balaban J connectivity index is 2.96. The minimum absolute atomic E-state index is 0.189. The van der Waals surface area contributed by atoms with Gasteiger partial charge in [-0.25, -0.2) is 0 Å². The molecule has 0 aliphatic carbocycles. The van der Waals surface area contributed by atoms with Crippen LogP contribution in [0.25, 0.3) is 0 Å². The fourth-order valence-corrected chi connectivity index (χ4v) is 3.46. The van der Waals surface area contributed by atoms with E-state index in [-0.39, 0.29) is 13.2 Å². The van der Waals surface area contributed by atoms with Crippen LogP contribution in [0.3, 0.4) is 0 Å². The molecule has 1 aromatic rings. The number of hydrogen-bond acceptors (Lipinski definition) is 5. The zero-order valence-corrected chi connectivity index (χ0v) is 12.5. The van der Waals surface area contributed by atoms with E-state index >= 15 is 0 Å². The van der Waals surface area contributed by atoms with E-state index < -0.39 is 19.5 Å². The van der Waals surface area contributed by atoms with Crippen LogP contribution in [0.2, 0.25) is 0 Å². The molecule has 0 unspecified atom stereocenters. The SMILES string of the molecule is CCOP(=O)(OCC)[C@H](O)[C@H](N)c1cccc(C)c1. The molecule has 0 fully saturated rings. The number of aliphatic hydroxyl groups is 1. The molecule has 108 valence electrons. The van der Waals surface area contributed by atoms with Crippen LogP contribution >= 0.6 is 7.60 Å². The average molecular weight is 287 g/mol. The third kappa shape index (κ3) is 4.13. The van der Waals surface area contributed by atoms with Gasteiger partial charge in [0.05, 0.1) is 19.3 Å². The van der Waals surface area contributed by atoms with E-state index in [0.717, 1.165) is 5.56 Å². The molecular weight excluding hydrogens is 265 g/mol. The van der Waals surface area contributed by atoms with Crippen molar-refractivity contribution < 1.29 is 18.7 Å². The quantitative estimate of drug-likeness (QED) is 0.753. The number of nitrogens with two attached hydrogens (primary N) is 1. The topological polar surface area (TPSA) is 81.8 Å². The summed E-state index contributed by atoms with van der Waals surface area (Å²) in [5.41, 5.74) is 7.69. The molecule has 0 spiro atoms. The minimum Gasteiger partial charge on any atom is -0.379 e. The Kier molecular flexibility index (Phi) is 6.17. The monoisotopic (exact) mass is 287 g/mol. The van der Waals surface area contributed by atoms with E-state index in [9.17, 15) is 9.67 Å². The standard InChI is InChI=1S/C13H22NO4P/c1-4-17-19(16,18-5-2)13(15)12(14)11-8-6-7-10(3)9-11/h6-9,12-13,15H,4-5,14H2,1-3H3/t12-,13+/m1/s1. The maximum absolute atomic E-state index is 12.4. The second kappa shape index (κ2) is 7.17. The predicted octanol–water partition coefficient (Wildman–Crippen LogP) is 2.58. The Labute approximate surface area is 114 Å². The average Bonchev–Trinajstić information content (AvgIpc) is 2.37. The number of hydrogen-bond donors (Lipinski definition) is 2. The Morgan fingerprint density at radius 2 is 1.89 bits per heavy atom. The molecule has 0 heterocycles. The first-order valence-corrected chi connectivity index (χ1v) is 7.94. The van der Waals surface area contributed by atoms with E-state index in [1.54, 1.807) is 19.9 Å². The van der Waals surface area contributed by atoms with Gasteiger partial charge in [0.2, 0.25) is 0 Å². The second-order valence-corrected chi connectivity index (χ2v) is 6.35. The van der Waals surface area contributed by atoms with E-state index in [2.05, 4.69) is 0 Å². The zero-order valence-electron chi connectivity index (χ0n) is 11.6. The fourth-order valence-electron chi connectivity index (χ4n) is 1.80. The molecule has 1 aromatic carbocycles. The van der Waals surface area contributed by atoms with Gasteiger partial charge in [0.15, 0.2) is 5.85 Å². The van der Waals surface area contributed by atoms with Crippen molar-refractivity contribution in [2.75, 3.05) is 13.2 Å². The van der Waals surface area contributed by atoms with Crippen LogP contribution in [0.15, 0.2) is 24.3 Å². The lowest BCUT2D eigenvalue weighted by atomic mass is 10.1. The third-order valence-electron chi connectivity index (χ3n) is 2.69. The molecule has 3 N–H and O–H groups in total. The summed E-state index contributed by atoms with van der Waals surface area (Å²) in [6.45, 7) is 5.68. The summed E-state index contributed by atoms with van der Waals surface area (Å²) in [7, 11) is -3.62. The van der Waals surface area contributed by atoms with Crippen LogP contribution in [0.1, 0.15) is 31.0 Å². The van der Waals surface area contributed by atoms with Crippen molar-refractivity contribution >= 4 is 7.60 Å². The molecule has 0 amide bonds. The van der Waals surface area contributed by atoms with Crippen LogP contribution < -0.4 is 5.73 Å². The molecule has 1 rings (SSSR count). The lowest BCUT2D eigenvalue weighted by Crippen LogP contribution is -2.28.